The molecule has 0 saturated carbocycles. The van der Waals surface area contributed by atoms with E-state index in [1.165, 1.54) is 29.6 Å². The van der Waals surface area contributed by atoms with Crippen LogP contribution in [0.1, 0.15) is 30.4 Å². The van der Waals surface area contributed by atoms with Gasteiger partial charge in [-0.1, -0.05) is 12.5 Å². The molecule has 1 heterocycles. The number of carbonyl (C=O) groups excluding carboxylic acids is 2. The molecule has 0 aliphatic carbocycles. The van der Waals surface area contributed by atoms with Crippen molar-refractivity contribution in [3.05, 3.63) is 47.5 Å². The second-order valence-electron chi connectivity index (χ2n) is 8.15. The third-order valence-electron chi connectivity index (χ3n) is 5.30. The maximum Gasteiger partial charge on any atom is 0.344 e. The highest BCUT2D eigenvalue weighted by Gasteiger charge is 2.29. The Hall–Kier alpha value is -3.11. The zero-order valence-corrected chi connectivity index (χ0v) is 20.4. The van der Waals surface area contributed by atoms with Crippen LogP contribution in [0.4, 0.5) is 5.69 Å². The lowest BCUT2D eigenvalue weighted by Gasteiger charge is -2.26. The Balaban J connectivity index is 1.58. The quantitative estimate of drug-likeness (QED) is 0.538. The number of hydrogen-bond donors (Lipinski definition) is 1. The number of piperidine rings is 1. The summed E-state index contributed by atoms with van der Waals surface area (Å²) in [4.78, 5) is 24.2. The maximum atomic E-state index is 13.1. The summed E-state index contributed by atoms with van der Waals surface area (Å²) in [5.74, 6) is -0.568. The molecule has 0 aromatic heterocycles. The SMILES string of the molecule is COc1ccc(NC(=O)COC(=O)COc2cc(C)cc(C)c2)cc1S(=O)(=O)N1CCCCC1. The topological polar surface area (TPSA) is 111 Å². The van der Waals surface area contributed by atoms with Gasteiger partial charge in [0.25, 0.3) is 5.91 Å². The summed E-state index contributed by atoms with van der Waals surface area (Å²) in [6, 6.07) is 9.94. The van der Waals surface area contributed by atoms with E-state index in [2.05, 4.69) is 5.32 Å². The Kier molecular flexibility index (Phi) is 8.51. The summed E-state index contributed by atoms with van der Waals surface area (Å²) >= 11 is 0. The zero-order valence-electron chi connectivity index (χ0n) is 19.6. The molecule has 0 radical (unpaired) electrons. The van der Waals surface area contributed by atoms with Gasteiger partial charge in [0.2, 0.25) is 10.0 Å². The average molecular weight is 491 g/mol. The van der Waals surface area contributed by atoms with Crippen molar-refractivity contribution in [1.29, 1.82) is 0 Å². The monoisotopic (exact) mass is 490 g/mol. The lowest BCUT2D eigenvalue weighted by molar-refractivity contribution is -0.149. The predicted octanol–water partition coefficient (Wildman–Crippen LogP) is 3.05. The number of anilines is 1. The van der Waals surface area contributed by atoms with Gasteiger partial charge >= 0.3 is 5.97 Å². The number of ether oxygens (including phenoxy) is 3. The van der Waals surface area contributed by atoms with Crippen molar-refractivity contribution < 1.29 is 32.2 Å². The molecular formula is C24H30N2O7S. The fraction of sp³-hybridized carbons (Fsp3) is 0.417. The first kappa shape index (κ1) is 25.5. The molecule has 1 aliphatic heterocycles. The molecule has 1 saturated heterocycles. The van der Waals surface area contributed by atoms with Crippen LogP contribution in [0, 0.1) is 13.8 Å². The van der Waals surface area contributed by atoms with Gasteiger partial charge in [0.1, 0.15) is 16.4 Å². The number of methoxy groups -OCH3 is 1. The second kappa shape index (κ2) is 11.3. The van der Waals surface area contributed by atoms with Gasteiger partial charge in [-0.05, 0) is 68.1 Å². The Morgan fingerprint density at radius 1 is 0.971 bits per heavy atom. The highest BCUT2D eigenvalue weighted by atomic mass is 32.2. The Morgan fingerprint density at radius 2 is 1.65 bits per heavy atom. The van der Waals surface area contributed by atoms with Crippen LogP contribution in [0.5, 0.6) is 11.5 Å². The van der Waals surface area contributed by atoms with Crippen molar-refractivity contribution >= 4 is 27.6 Å². The minimum absolute atomic E-state index is 0.0199. The first-order valence-electron chi connectivity index (χ1n) is 11.0. The molecular weight excluding hydrogens is 460 g/mol. The Bertz CT molecular complexity index is 1120. The number of amides is 1. The van der Waals surface area contributed by atoms with E-state index in [0.29, 0.717) is 18.8 Å². The second-order valence-corrected chi connectivity index (χ2v) is 10.1. The highest BCUT2D eigenvalue weighted by Crippen LogP contribution is 2.31. The number of sulfonamides is 1. The van der Waals surface area contributed by atoms with Crippen LogP contribution >= 0.6 is 0 Å². The molecule has 0 spiro atoms. The van der Waals surface area contributed by atoms with Gasteiger partial charge in [-0.25, -0.2) is 13.2 Å². The number of benzene rings is 2. The number of carbonyl (C=O) groups is 2. The fourth-order valence-electron chi connectivity index (χ4n) is 3.74. The number of aryl methyl sites for hydroxylation is 2. The van der Waals surface area contributed by atoms with Crippen molar-refractivity contribution in [2.45, 2.75) is 38.0 Å². The average Bonchev–Trinajstić information content (AvgIpc) is 2.81. The standard InChI is InChI=1S/C24H30N2O7S/c1-17-11-18(2)13-20(12-17)32-16-24(28)33-15-23(27)25-19-7-8-21(31-3)22(14-19)34(29,30)26-9-5-4-6-10-26/h7-8,11-14H,4-6,9-10,15-16H2,1-3H3,(H,25,27). The van der Waals surface area contributed by atoms with Crippen LogP contribution in [0.2, 0.25) is 0 Å². The minimum Gasteiger partial charge on any atom is -0.495 e. The van der Waals surface area contributed by atoms with E-state index in [9.17, 15) is 18.0 Å². The summed E-state index contributed by atoms with van der Waals surface area (Å²) in [5, 5.41) is 2.56. The number of rotatable bonds is 9. The van der Waals surface area contributed by atoms with Crippen LogP contribution in [-0.4, -0.2) is 58.0 Å². The van der Waals surface area contributed by atoms with Gasteiger partial charge in [0.15, 0.2) is 13.2 Å². The van der Waals surface area contributed by atoms with Crippen molar-refractivity contribution in [1.82, 2.24) is 4.31 Å². The first-order chi connectivity index (χ1) is 16.2. The molecule has 1 aliphatic rings. The van der Waals surface area contributed by atoms with Gasteiger partial charge in [0, 0.05) is 18.8 Å². The smallest absolute Gasteiger partial charge is 0.344 e. The van der Waals surface area contributed by atoms with Gasteiger partial charge < -0.3 is 19.5 Å². The van der Waals surface area contributed by atoms with Gasteiger partial charge in [-0.15, -0.1) is 0 Å². The molecule has 9 nitrogen and oxygen atoms in total. The molecule has 184 valence electrons. The van der Waals surface area contributed by atoms with Crippen LogP contribution in [0.3, 0.4) is 0 Å². The molecule has 1 fully saturated rings. The van der Waals surface area contributed by atoms with Gasteiger partial charge in [-0.2, -0.15) is 4.31 Å². The van der Waals surface area contributed by atoms with Crippen LogP contribution in [-0.2, 0) is 24.3 Å². The van der Waals surface area contributed by atoms with Gasteiger partial charge in [0.05, 0.1) is 7.11 Å². The van der Waals surface area contributed by atoms with Crippen molar-refractivity contribution in [2.75, 3.05) is 38.7 Å². The summed E-state index contributed by atoms with van der Waals surface area (Å²) < 4.78 is 43.3. The van der Waals surface area contributed by atoms with Gasteiger partial charge in [-0.3, -0.25) is 4.79 Å². The minimum atomic E-state index is -3.77. The lowest BCUT2D eigenvalue weighted by Crippen LogP contribution is -2.35. The van der Waals surface area contributed by atoms with E-state index in [1.54, 1.807) is 12.1 Å². The number of nitrogens with zero attached hydrogens (tertiary/aromatic N) is 1. The first-order valence-corrected chi connectivity index (χ1v) is 12.5. The predicted molar refractivity (Wildman–Crippen MR) is 127 cm³/mol. The van der Waals surface area contributed by atoms with E-state index in [4.69, 9.17) is 14.2 Å². The lowest BCUT2D eigenvalue weighted by atomic mass is 10.1. The Labute approximate surface area is 200 Å². The van der Waals surface area contributed by atoms with E-state index < -0.39 is 28.5 Å². The fourth-order valence-corrected chi connectivity index (χ4v) is 5.44. The van der Waals surface area contributed by atoms with Crippen molar-refractivity contribution in [3.63, 3.8) is 0 Å². The number of nitrogens with one attached hydrogen (secondary N) is 1. The molecule has 2 aromatic rings. The van der Waals surface area contributed by atoms with Crippen LogP contribution in [0.15, 0.2) is 41.3 Å². The van der Waals surface area contributed by atoms with E-state index in [-0.39, 0.29) is 22.9 Å². The molecule has 0 atom stereocenters. The maximum absolute atomic E-state index is 13.1. The Morgan fingerprint density at radius 3 is 2.29 bits per heavy atom. The highest BCUT2D eigenvalue weighted by molar-refractivity contribution is 7.89. The molecule has 3 rings (SSSR count). The zero-order chi connectivity index (χ0) is 24.7. The summed E-state index contributed by atoms with van der Waals surface area (Å²) in [6.07, 6.45) is 2.60. The van der Waals surface area contributed by atoms with E-state index in [0.717, 1.165) is 30.4 Å². The normalized spacial score (nSPS) is 14.3. The summed E-state index contributed by atoms with van der Waals surface area (Å²) in [7, 11) is -2.38. The molecule has 0 unspecified atom stereocenters. The number of esters is 1. The van der Waals surface area contributed by atoms with Crippen LogP contribution in [0.25, 0.3) is 0 Å². The molecule has 2 aromatic carbocycles. The molecule has 10 heteroatoms. The number of hydrogen-bond acceptors (Lipinski definition) is 7. The van der Waals surface area contributed by atoms with E-state index >= 15 is 0 Å². The molecule has 34 heavy (non-hydrogen) atoms. The van der Waals surface area contributed by atoms with Crippen molar-refractivity contribution in [2.24, 2.45) is 0 Å². The third kappa shape index (κ3) is 6.71. The third-order valence-corrected chi connectivity index (χ3v) is 7.22. The summed E-state index contributed by atoms with van der Waals surface area (Å²) in [5.41, 5.74) is 2.26. The largest absolute Gasteiger partial charge is 0.495 e. The summed E-state index contributed by atoms with van der Waals surface area (Å²) in [6.45, 7) is 3.87. The van der Waals surface area contributed by atoms with Crippen molar-refractivity contribution in [3.8, 4) is 11.5 Å². The van der Waals surface area contributed by atoms with E-state index in [1.807, 2.05) is 19.9 Å². The molecule has 1 N–H and O–H groups in total. The molecule has 0 bridgehead atoms. The van der Waals surface area contributed by atoms with Crippen LogP contribution < -0.4 is 14.8 Å². The molecule has 1 amide bonds.